The second-order valence-electron chi connectivity index (χ2n) is 3.89. The molecule has 0 saturated heterocycles. The van der Waals surface area contributed by atoms with Crippen LogP contribution in [0.4, 0.5) is 10.7 Å². The number of rotatable bonds is 4. The standard InChI is InChI=1S/C12H8N2O6S/c15-8-5-6(12(17)18)1-2-7(8)13-11(16)9-3-4-10(21-9)14(19)20/h1-5,15H,(H,13,16)(H,17,18). The van der Waals surface area contributed by atoms with Gasteiger partial charge in [0.2, 0.25) is 0 Å². The number of anilines is 1. The average Bonchev–Trinajstić information content (AvgIpc) is 2.90. The molecule has 0 spiro atoms. The number of phenolic OH excluding ortho intramolecular Hbond substituents is 1. The first kappa shape index (κ1) is 14.5. The lowest BCUT2D eigenvalue weighted by molar-refractivity contribution is -0.380. The van der Waals surface area contributed by atoms with Gasteiger partial charge in [-0.1, -0.05) is 11.3 Å². The lowest BCUT2D eigenvalue weighted by Gasteiger charge is -2.06. The molecule has 1 heterocycles. The predicted molar refractivity (Wildman–Crippen MR) is 74.0 cm³/mol. The summed E-state index contributed by atoms with van der Waals surface area (Å²) in [7, 11) is 0. The van der Waals surface area contributed by atoms with E-state index in [2.05, 4.69) is 5.32 Å². The van der Waals surface area contributed by atoms with Crippen LogP contribution in [-0.2, 0) is 0 Å². The SMILES string of the molecule is O=C(O)c1ccc(NC(=O)c2ccc([N+](=O)[O-])s2)c(O)c1. The van der Waals surface area contributed by atoms with Gasteiger partial charge in [0.15, 0.2) is 0 Å². The first-order valence-electron chi connectivity index (χ1n) is 5.50. The minimum atomic E-state index is -1.21. The van der Waals surface area contributed by atoms with Gasteiger partial charge in [0.05, 0.1) is 21.1 Å². The number of phenols is 1. The average molecular weight is 308 g/mol. The molecule has 0 aliphatic carbocycles. The minimum absolute atomic E-state index is 0.0149. The lowest BCUT2D eigenvalue weighted by Crippen LogP contribution is -2.10. The molecule has 0 unspecified atom stereocenters. The highest BCUT2D eigenvalue weighted by atomic mass is 32.1. The minimum Gasteiger partial charge on any atom is -0.506 e. The molecule has 8 nitrogen and oxygen atoms in total. The van der Waals surface area contributed by atoms with Crippen LogP contribution in [0.25, 0.3) is 0 Å². The van der Waals surface area contributed by atoms with Crippen LogP contribution in [-0.4, -0.2) is 27.0 Å². The highest BCUT2D eigenvalue weighted by Crippen LogP contribution is 2.28. The molecule has 0 atom stereocenters. The van der Waals surface area contributed by atoms with Crippen LogP contribution in [0, 0.1) is 10.1 Å². The number of aromatic carboxylic acids is 1. The van der Waals surface area contributed by atoms with Crippen LogP contribution in [0.15, 0.2) is 30.3 Å². The fraction of sp³-hybridized carbons (Fsp3) is 0. The molecule has 21 heavy (non-hydrogen) atoms. The number of aromatic hydroxyl groups is 1. The van der Waals surface area contributed by atoms with Crippen molar-refractivity contribution in [2.24, 2.45) is 0 Å². The Kier molecular flexibility index (Phi) is 3.85. The fourth-order valence-corrected chi connectivity index (χ4v) is 2.22. The Morgan fingerprint density at radius 3 is 2.48 bits per heavy atom. The Balaban J connectivity index is 2.19. The van der Waals surface area contributed by atoms with Gasteiger partial charge in [0.1, 0.15) is 5.75 Å². The van der Waals surface area contributed by atoms with E-state index in [-0.39, 0.29) is 21.1 Å². The molecular weight excluding hydrogens is 300 g/mol. The highest BCUT2D eigenvalue weighted by molar-refractivity contribution is 7.17. The lowest BCUT2D eigenvalue weighted by atomic mass is 10.2. The molecule has 0 saturated carbocycles. The molecule has 1 aromatic heterocycles. The summed E-state index contributed by atoms with van der Waals surface area (Å²) in [4.78, 5) is 32.6. The van der Waals surface area contributed by atoms with Crippen molar-refractivity contribution in [3.05, 3.63) is 50.9 Å². The van der Waals surface area contributed by atoms with Gasteiger partial charge >= 0.3 is 11.0 Å². The van der Waals surface area contributed by atoms with Crippen LogP contribution >= 0.6 is 11.3 Å². The van der Waals surface area contributed by atoms with Crippen molar-refractivity contribution in [2.45, 2.75) is 0 Å². The molecule has 0 bridgehead atoms. The zero-order valence-electron chi connectivity index (χ0n) is 10.3. The third kappa shape index (κ3) is 3.15. The van der Waals surface area contributed by atoms with Crippen molar-refractivity contribution in [2.75, 3.05) is 5.32 Å². The summed E-state index contributed by atoms with van der Waals surface area (Å²) >= 11 is 0.695. The molecule has 1 aromatic carbocycles. The summed E-state index contributed by atoms with van der Waals surface area (Å²) in [6.07, 6.45) is 0. The van der Waals surface area contributed by atoms with E-state index in [9.17, 15) is 24.8 Å². The Bertz CT molecular complexity index is 739. The number of thiophene rings is 1. The third-order valence-electron chi connectivity index (χ3n) is 2.49. The number of carbonyl (C=O) groups excluding carboxylic acids is 1. The summed E-state index contributed by atoms with van der Waals surface area (Å²) in [5, 5.41) is 31.1. The maximum Gasteiger partial charge on any atom is 0.335 e. The molecule has 0 fully saturated rings. The van der Waals surface area contributed by atoms with Crippen LogP contribution in [0.2, 0.25) is 0 Å². The molecule has 0 radical (unpaired) electrons. The van der Waals surface area contributed by atoms with Gasteiger partial charge in [0.25, 0.3) is 5.91 Å². The number of amides is 1. The molecule has 2 aromatic rings. The van der Waals surface area contributed by atoms with Crippen molar-refractivity contribution >= 4 is 33.9 Å². The Hall–Kier alpha value is -2.94. The van der Waals surface area contributed by atoms with Crippen LogP contribution < -0.4 is 5.32 Å². The summed E-state index contributed by atoms with van der Waals surface area (Å²) < 4.78 is 0. The number of nitrogens with one attached hydrogen (secondary N) is 1. The smallest absolute Gasteiger partial charge is 0.335 e. The van der Waals surface area contributed by atoms with Crippen molar-refractivity contribution in [3.8, 4) is 5.75 Å². The Morgan fingerprint density at radius 2 is 1.95 bits per heavy atom. The second kappa shape index (κ2) is 5.59. The molecule has 9 heteroatoms. The molecule has 108 valence electrons. The van der Waals surface area contributed by atoms with Crippen molar-refractivity contribution in [3.63, 3.8) is 0 Å². The molecule has 0 aliphatic heterocycles. The maximum atomic E-state index is 11.9. The van der Waals surface area contributed by atoms with E-state index in [1.165, 1.54) is 24.3 Å². The number of carbonyl (C=O) groups is 2. The third-order valence-corrected chi connectivity index (χ3v) is 3.52. The van der Waals surface area contributed by atoms with Gasteiger partial charge in [-0.15, -0.1) is 0 Å². The quantitative estimate of drug-likeness (QED) is 0.451. The normalized spacial score (nSPS) is 10.1. The number of nitro groups is 1. The van der Waals surface area contributed by atoms with E-state index in [0.717, 1.165) is 6.07 Å². The van der Waals surface area contributed by atoms with Crippen molar-refractivity contribution in [1.82, 2.24) is 0 Å². The first-order chi connectivity index (χ1) is 9.88. The molecule has 2 rings (SSSR count). The van der Waals surface area contributed by atoms with Gasteiger partial charge in [0, 0.05) is 6.07 Å². The largest absolute Gasteiger partial charge is 0.506 e. The first-order valence-corrected chi connectivity index (χ1v) is 6.32. The zero-order chi connectivity index (χ0) is 15.6. The molecular formula is C12H8N2O6S. The number of nitrogens with zero attached hydrogens (tertiary/aromatic N) is 1. The van der Waals surface area contributed by atoms with Crippen LogP contribution in [0.3, 0.4) is 0 Å². The van der Waals surface area contributed by atoms with Gasteiger partial charge < -0.3 is 15.5 Å². The molecule has 0 aliphatic rings. The van der Waals surface area contributed by atoms with E-state index in [4.69, 9.17) is 5.11 Å². The van der Waals surface area contributed by atoms with E-state index in [0.29, 0.717) is 11.3 Å². The fourth-order valence-electron chi connectivity index (χ4n) is 1.50. The van der Waals surface area contributed by atoms with Gasteiger partial charge in [-0.05, 0) is 24.3 Å². The maximum absolute atomic E-state index is 11.9. The van der Waals surface area contributed by atoms with Crippen LogP contribution in [0.5, 0.6) is 5.75 Å². The molecule has 1 amide bonds. The summed E-state index contributed by atoms with van der Waals surface area (Å²) in [5.74, 6) is -2.25. The van der Waals surface area contributed by atoms with Crippen molar-refractivity contribution in [1.29, 1.82) is 0 Å². The predicted octanol–water partition coefficient (Wildman–Crippen LogP) is 2.31. The summed E-state index contributed by atoms with van der Waals surface area (Å²) in [6.45, 7) is 0. The van der Waals surface area contributed by atoms with Gasteiger partial charge in [-0.25, -0.2) is 4.79 Å². The Morgan fingerprint density at radius 1 is 1.24 bits per heavy atom. The number of carboxylic acid groups (broad SMARTS) is 1. The van der Waals surface area contributed by atoms with E-state index < -0.39 is 22.5 Å². The van der Waals surface area contributed by atoms with Crippen LogP contribution in [0.1, 0.15) is 20.0 Å². The summed E-state index contributed by atoms with van der Waals surface area (Å²) in [6, 6.07) is 5.94. The van der Waals surface area contributed by atoms with E-state index >= 15 is 0 Å². The Labute approximate surface area is 121 Å². The second-order valence-corrected chi connectivity index (χ2v) is 4.95. The zero-order valence-corrected chi connectivity index (χ0v) is 11.1. The topological polar surface area (TPSA) is 130 Å². The highest BCUT2D eigenvalue weighted by Gasteiger charge is 2.17. The van der Waals surface area contributed by atoms with E-state index in [1.807, 2.05) is 0 Å². The van der Waals surface area contributed by atoms with E-state index in [1.54, 1.807) is 0 Å². The van der Waals surface area contributed by atoms with Crippen molar-refractivity contribution < 1.29 is 24.7 Å². The number of carboxylic acids is 1. The number of hydrogen-bond donors (Lipinski definition) is 3. The summed E-state index contributed by atoms with van der Waals surface area (Å²) in [5.41, 5.74) is -0.113. The monoisotopic (exact) mass is 308 g/mol. The van der Waals surface area contributed by atoms with Gasteiger partial charge in [-0.2, -0.15) is 0 Å². The molecule has 3 N–H and O–H groups in total. The number of benzene rings is 1. The number of hydrogen-bond acceptors (Lipinski definition) is 6. The van der Waals surface area contributed by atoms with Gasteiger partial charge in [-0.3, -0.25) is 14.9 Å².